The van der Waals surface area contributed by atoms with E-state index in [0.717, 1.165) is 19.3 Å². The normalized spacial score (nSPS) is 11.1. The SMILES string of the molecule is CCCCCC(=O)COCCn1ncc2nc(Cl)nc(OC)c21. The number of unbranched alkanes of at least 4 members (excludes halogenated alkanes) is 2. The predicted molar refractivity (Wildman–Crippen MR) is 86.9 cm³/mol. The number of halogens is 1. The first-order valence-electron chi connectivity index (χ1n) is 7.68. The van der Waals surface area contributed by atoms with Crippen LogP contribution in [0.4, 0.5) is 0 Å². The number of methoxy groups -OCH3 is 1. The third kappa shape index (κ3) is 4.87. The molecule has 0 bridgehead atoms. The molecule has 2 rings (SSSR count). The van der Waals surface area contributed by atoms with Gasteiger partial charge in [0.15, 0.2) is 5.78 Å². The number of nitrogens with zero attached hydrogens (tertiary/aromatic N) is 4. The average molecular weight is 341 g/mol. The summed E-state index contributed by atoms with van der Waals surface area (Å²) < 4.78 is 12.3. The highest BCUT2D eigenvalue weighted by atomic mass is 35.5. The zero-order chi connectivity index (χ0) is 16.7. The number of aromatic nitrogens is 4. The van der Waals surface area contributed by atoms with Gasteiger partial charge in [0.25, 0.3) is 0 Å². The maximum Gasteiger partial charge on any atom is 0.244 e. The van der Waals surface area contributed by atoms with E-state index in [4.69, 9.17) is 21.1 Å². The molecular formula is C15H21ClN4O3. The second-order valence-corrected chi connectivity index (χ2v) is 5.49. The number of fused-ring (bicyclic) bond motifs is 1. The molecule has 23 heavy (non-hydrogen) atoms. The molecule has 0 amide bonds. The Kier molecular flexibility index (Phi) is 6.73. The van der Waals surface area contributed by atoms with Crippen LogP contribution in [-0.4, -0.2) is 45.9 Å². The quantitative estimate of drug-likeness (QED) is 0.488. The van der Waals surface area contributed by atoms with Gasteiger partial charge in [-0.15, -0.1) is 0 Å². The van der Waals surface area contributed by atoms with Gasteiger partial charge in [-0.05, 0) is 18.0 Å². The number of ether oxygens (including phenoxy) is 2. The number of rotatable bonds is 10. The minimum absolute atomic E-state index is 0.114. The van der Waals surface area contributed by atoms with Gasteiger partial charge >= 0.3 is 0 Å². The molecule has 0 atom stereocenters. The molecule has 0 aliphatic carbocycles. The van der Waals surface area contributed by atoms with Crippen LogP contribution >= 0.6 is 11.6 Å². The molecule has 0 aliphatic rings. The fraction of sp³-hybridized carbons (Fsp3) is 0.600. The van der Waals surface area contributed by atoms with Gasteiger partial charge < -0.3 is 9.47 Å². The molecule has 0 saturated heterocycles. The summed E-state index contributed by atoms with van der Waals surface area (Å²) in [7, 11) is 1.51. The standard InChI is InChI=1S/C15H21ClN4O3/c1-3-4-5-6-11(21)10-23-8-7-20-13-12(9-17-20)18-15(16)19-14(13)22-2/h9H,3-8,10H2,1-2H3. The molecule has 2 aromatic heterocycles. The lowest BCUT2D eigenvalue weighted by Gasteiger charge is -2.07. The zero-order valence-corrected chi connectivity index (χ0v) is 14.2. The maximum atomic E-state index is 11.6. The summed E-state index contributed by atoms with van der Waals surface area (Å²) >= 11 is 5.82. The third-order valence-corrected chi connectivity index (χ3v) is 3.56. The van der Waals surface area contributed by atoms with Crippen molar-refractivity contribution in [2.45, 2.75) is 39.2 Å². The Morgan fingerprint density at radius 2 is 2.17 bits per heavy atom. The fourth-order valence-corrected chi connectivity index (χ4v) is 2.40. The van der Waals surface area contributed by atoms with Crippen LogP contribution in [0.15, 0.2) is 6.20 Å². The van der Waals surface area contributed by atoms with Gasteiger partial charge in [0.2, 0.25) is 11.2 Å². The lowest BCUT2D eigenvalue weighted by molar-refractivity contribution is -0.123. The number of Topliss-reactive ketones (excluding diaryl/α,β-unsaturated/α-hetero) is 1. The summed E-state index contributed by atoms with van der Waals surface area (Å²) in [5.41, 5.74) is 1.27. The summed E-state index contributed by atoms with van der Waals surface area (Å²) in [4.78, 5) is 19.8. The second kappa shape index (κ2) is 8.79. The molecular weight excluding hydrogens is 320 g/mol. The van der Waals surface area contributed by atoms with Crippen molar-refractivity contribution in [3.63, 3.8) is 0 Å². The molecule has 0 fully saturated rings. The van der Waals surface area contributed by atoms with Crippen molar-refractivity contribution in [2.75, 3.05) is 20.3 Å². The highest BCUT2D eigenvalue weighted by Gasteiger charge is 2.13. The van der Waals surface area contributed by atoms with Crippen LogP contribution in [-0.2, 0) is 16.1 Å². The zero-order valence-electron chi connectivity index (χ0n) is 13.4. The van der Waals surface area contributed by atoms with Gasteiger partial charge in [0.1, 0.15) is 17.6 Å². The van der Waals surface area contributed by atoms with Crippen LogP contribution in [0.5, 0.6) is 5.88 Å². The van der Waals surface area contributed by atoms with Crippen molar-refractivity contribution >= 4 is 28.4 Å². The largest absolute Gasteiger partial charge is 0.479 e. The van der Waals surface area contributed by atoms with E-state index in [9.17, 15) is 4.79 Å². The van der Waals surface area contributed by atoms with E-state index in [1.54, 1.807) is 10.9 Å². The summed E-state index contributed by atoms with van der Waals surface area (Å²) in [5, 5.41) is 4.35. The summed E-state index contributed by atoms with van der Waals surface area (Å²) in [6.07, 6.45) is 5.29. The van der Waals surface area contributed by atoms with E-state index in [-0.39, 0.29) is 17.7 Å². The molecule has 0 aromatic carbocycles. The first-order valence-corrected chi connectivity index (χ1v) is 8.06. The Morgan fingerprint density at radius 1 is 1.35 bits per heavy atom. The molecule has 0 saturated carbocycles. The number of ketones is 1. The van der Waals surface area contributed by atoms with Crippen LogP contribution < -0.4 is 4.74 Å². The van der Waals surface area contributed by atoms with Gasteiger partial charge in [0.05, 0.1) is 26.5 Å². The lowest BCUT2D eigenvalue weighted by Crippen LogP contribution is -2.13. The molecule has 126 valence electrons. The van der Waals surface area contributed by atoms with E-state index in [0.29, 0.717) is 36.5 Å². The Bertz CT molecular complexity index is 659. The highest BCUT2D eigenvalue weighted by Crippen LogP contribution is 2.23. The fourth-order valence-electron chi connectivity index (χ4n) is 2.23. The lowest BCUT2D eigenvalue weighted by atomic mass is 10.1. The van der Waals surface area contributed by atoms with Gasteiger partial charge in [-0.1, -0.05) is 19.8 Å². The molecule has 7 nitrogen and oxygen atoms in total. The smallest absolute Gasteiger partial charge is 0.244 e. The topological polar surface area (TPSA) is 79.1 Å². The molecule has 0 aliphatic heterocycles. The van der Waals surface area contributed by atoms with Crippen LogP contribution in [0.3, 0.4) is 0 Å². The summed E-state index contributed by atoms with van der Waals surface area (Å²) in [6.45, 7) is 3.11. The summed E-state index contributed by atoms with van der Waals surface area (Å²) in [5.74, 6) is 0.504. The second-order valence-electron chi connectivity index (χ2n) is 5.15. The van der Waals surface area contributed by atoms with Gasteiger partial charge in [-0.2, -0.15) is 10.1 Å². The van der Waals surface area contributed by atoms with E-state index >= 15 is 0 Å². The molecule has 2 aromatic rings. The molecule has 0 radical (unpaired) electrons. The van der Waals surface area contributed by atoms with Crippen LogP contribution in [0, 0.1) is 0 Å². The van der Waals surface area contributed by atoms with Gasteiger partial charge in [0, 0.05) is 6.42 Å². The van der Waals surface area contributed by atoms with Crippen molar-refractivity contribution in [2.24, 2.45) is 0 Å². The molecule has 0 unspecified atom stereocenters. The highest BCUT2D eigenvalue weighted by molar-refractivity contribution is 6.28. The first-order chi connectivity index (χ1) is 11.2. The Hall–Kier alpha value is -1.73. The molecule has 0 spiro atoms. The van der Waals surface area contributed by atoms with Gasteiger partial charge in [-0.3, -0.25) is 9.48 Å². The molecule has 2 heterocycles. The van der Waals surface area contributed by atoms with E-state index in [1.165, 1.54) is 7.11 Å². The monoisotopic (exact) mass is 340 g/mol. The van der Waals surface area contributed by atoms with Crippen molar-refractivity contribution in [3.05, 3.63) is 11.5 Å². The van der Waals surface area contributed by atoms with Gasteiger partial charge in [-0.25, -0.2) is 4.98 Å². The minimum Gasteiger partial charge on any atom is -0.479 e. The molecule has 0 N–H and O–H groups in total. The predicted octanol–water partition coefficient (Wildman–Crippen LogP) is 2.65. The first kappa shape index (κ1) is 17.6. The van der Waals surface area contributed by atoms with Crippen molar-refractivity contribution in [3.8, 4) is 5.88 Å². The average Bonchev–Trinajstić information content (AvgIpc) is 2.94. The van der Waals surface area contributed by atoms with E-state index in [1.807, 2.05) is 0 Å². The maximum absolute atomic E-state index is 11.6. The van der Waals surface area contributed by atoms with Crippen LogP contribution in [0.1, 0.15) is 32.6 Å². The van der Waals surface area contributed by atoms with E-state index < -0.39 is 0 Å². The number of hydrogen-bond acceptors (Lipinski definition) is 6. The Morgan fingerprint density at radius 3 is 2.91 bits per heavy atom. The van der Waals surface area contributed by atoms with Crippen LogP contribution in [0.25, 0.3) is 11.0 Å². The number of hydrogen-bond donors (Lipinski definition) is 0. The summed E-state index contributed by atoms with van der Waals surface area (Å²) in [6, 6.07) is 0. The van der Waals surface area contributed by atoms with Crippen molar-refractivity contribution in [1.82, 2.24) is 19.7 Å². The van der Waals surface area contributed by atoms with Crippen molar-refractivity contribution < 1.29 is 14.3 Å². The van der Waals surface area contributed by atoms with Crippen LogP contribution in [0.2, 0.25) is 5.28 Å². The number of carbonyl (C=O) groups excluding carboxylic acids is 1. The Balaban J connectivity index is 1.87. The Labute approximate surface area is 140 Å². The minimum atomic E-state index is 0.114. The van der Waals surface area contributed by atoms with Crippen molar-refractivity contribution in [1.29, 1.82) is 0 Å². The molecule has 8 heteroatoms. The third-order valence-electron chi connectivity index (χ3n) is 3.39. The number of carbonyl (C=O) groups is 1. The van der Waals surface area contributed by atoms with E-state index in [2.05, 4.69) is 22.0 Å².